The van der Waals surface area contributed by atoms with E-state index in [-0.39, 0.29) is 11.6 Å². The van der Waals surface area contributed by atoms with Gasteiger partial charge < -0.3 is 9.74 Å². The summed E-state index contributed by atoms with van der Waals surface area (Å²) in [4.78, 5) is 28.9. The van der Waals surface area contributed by atoms with E-state index in [1.807, 2.05) is 18.2 Å². The van der Waals surface area contributed by atoms with E-state index >= 15 is 0 Å². The van der Waals surface area contributed by atoms with Gasteiger partial charge in [-0.1, -0.05) is 70.3 Å². The average Bonchev–Trinajstić information content (AvgIpc) is 2.86. The maximum absolute atomic E-state index is 12.7. The molecular formula is C17H11Cl3N2O3. The number of oxime groups is 1. The largest absolute Gasteiger partial charge is 0.367 e. The monoisotopic (exact) mass is 396 g/mol. The lowest BCUT2D eigenvalue weighted by Crippen LogP contribution is -2.30. The molecule has 2 aromatic carbocycles. The fraction of sp³-hybridized carbons (Fsp3) is 0.118. The van der Waals surface area contributed by atoms with Crippen LogP contribution in [0, 0.1) is 0 Å². The van der Waals surface area contributed by atoms with Gasteiger partial charge in [-0.05, 0) is 23.8 Å². The lowest BCUT2D eigenvalue weighted by Gasteiger charge is -2.16. The molecule has 1 amide bonds. The third-order valence-corrected chi connectivity index (χ3v) is 4.17. The Morgan fingerprint density at radius 1 is 1.12 bits per heavy atom. The Hall–Kier alpha value is -2.08. The summed E-state index contributed by atoms with van der Waals surface area (Å²) in [5, 5.41) is 4.27. The standard InChI is InChI=1S/C17H11Cl3N2O3/c18-11-7-5-10(6-8-11)9-22-13-4-2-1-3-12(13)14(16(22)23)21-25-17(24)15(19)20/h1-8,15H,9H2/b21-14+. The van der Waals surface area contributed by atoms with Crippen LogP contribution in [0.4, 0.5) is 5.69 Å². The van der Waals surface area contributed by atoms with E-state index in [9.17, 15) is 9.59 Å². The van der Waals surface area contributed by atoms with Crippen LogP contribution in [0.15, 0.2) is 53.7 Å². The van der Waals surface area contributed by atoms with Crippen molar-refractivity contribution in [2.24, 2.45) is 5.16 Å². The lowest BCUT2D eigenvalue weighted by atomic mass is 10.1. The van der Waals surface area contributed by atoms with Crippen LogP contribution in [-0.2, 0) is 21.0 Å². The molecule has 0 aliphatic carbocycles. The minimum atomic E-state index is -1.37. The highest BCUT2D eigenvalue weighted by Gasteiger charge is 2.34. The Balaban J connectivity index is 1.91. The van der Waals surface area contributed by atoms with Crippen molar-refractivity contribution in [1.29, 1.82) is 0 Å². The van der Waals surface area contributed by atoms with Gasteiger partial charge in [0.25, 0.3) is 5.91 Å². The first-order valence-corrected chi connectivity index (χ1v) is 8.45. The number of rotatable bonds is 4. The summed E-state index contributed by atoms with van der Waals surface area (Å²) >= 11 is 16.7. The van der Waals surface area contributed by atoms with Crippen LogP contribution in [0.1, 0.15) is 11.1 Å². The number of hydrogen-bond donors (Lipinski definition) is 0. The molecule has 5 nitrogen and oxygen atoms in total. The van der Waals surface area contributed by atoms with Gasteiger partial charge in [0.15, 0.2) is 5.71 Å². The summed E-state index contributed by atoms with van der Waals surface area (Å²) < 4.78 is 0. The van der Waals surface area contributed by atoms with Gasteiger partial charge in [-0.3, -0.25) is 4.79 Å². The summed E-state index contributed by atoms with van der Waals surface area (Å²) in [5.41, 5.74) is 2.15. The fourth-order valence-corrected chi connectivity index (χ4v) is 2.62. The molecule has 8 heteroatoms. The van der Waals surface area contributed by atoms with Gasteiger partial charge in [0.2, 0.25) is 4.84 Å². The molecule has 0 saturated carbocycles. The van der Waals surface area contributed by atoms with Crippen molar-refractivity contribution in [3.05, 3.63) is 64.7 Å². The van der Waals surface area contributed by atoms with E-state index in [0.717, 1.165) is 5.56 Å². The lowest BCUT2D eigenvalue weighted by molar-refractivity contribution is -0.141. The second kappa shape index (κ2) is 7.44. The molecule has 0 N–H and O–H groups in total. The van der Waals surface area contributed by atoms with Crippen LogP contribution in [-0.4, -0.2) is 22.4 Å². The first-order chi connectivity index (χ1) is 12.0. The number of amides is 1. The van der Waals surface area contributed by atoms with Crippen molar-refractivity contribution >= 4 is 58.1 Å². The van der Waals surface area contributed by atoms with Crippen molar-refractivity contribution in [1.82, 2.24) is 0 Å². The van der Waals surface area contributed by atoms with Crippen LogP contribution in [0.25, 0.3) is 0 Å². The molecule has 1 aliphatic rings. The molecule has 25 heavy (non-hydrogen) atoms. The van der Waals surface area contributed by atoms with Crippen LogP contribution >= 0.6 is 34.8 Å². The van der Waals surface area contributed by atoms with Crippen LogP contribution in [0.3, 0.4) is 0 Å². The Kier molecular flexibility index (Phi) is 5.27. The predicted molar refractivity (Wildman–Crippen MR) is 97.2 cm³/mol. The number of fused-ring (bicyclic) bond motifs is 1. The van der Waals surface area contributed by atoms with E-state index in [1.165, 1.54) is 0 Å². The summed E-state index contributed by atoms with van der Waals surface area (Å²) in [6, 6.07) is 14.3. The highest BCUT2D eigenvalue weighted by atomic mass is 35.5. The minimum absolute atomic E-state index is 0.0203. The quantitative estimate of drug-likeness (QED) is 0.446. The highest BCUT2D eigenvalue weighted by Crippen LogP contribution is 2.31. The normalized spacial score (nSPS) is 15.0. The van der Waals surface area contributed by atoms with Crippen LogP contribution < -0.4 is 4.90 Å². The summed E-state index contributed by atoms with van der Waals surface area (Å²) in [6.07, 6.45) is 0. The molecule has 128 valence electrons. The number of carbonyl (C=O) groups is 2. The van der Waals surface area contributed by atoms with E-state index < -0.39 is 10.8 Å². The second-order valence-corrected chi connectivity index (χ2v) is 6.72. The molecule has 0 saturated heterocycles. The number of anilines is 1. The number of nitrogens with zero attached hydrogens (tertiary/aromatic N) is 2. The van der Waals surface area contributed by atoms with Crippen molar-refractivity contribution < 1.29 is 14.4 Å². The molecule has 0 unspecified atom stereocenters. The first kappa shape index (κ1) is 17.7. The molecule has 0 atom stereocenters. The number of benzene rings is 2. The molecular weight excluding hydrogens is 387 g/mol. The smallest absolute Gasteiger partial charge is 0.314 e. The van der Waals surface area contributed by atoms with Gasteiger partial charge in [0.1, 0.15) is 0 Å². The van der Waals surface area contributed by atoms with Crippen molar-refractivity contribution in [3.63, 3.8) is 0 Å². The van der Waals surface area contributed by atoms with Gasteiger partial charge in [0.05, 0.1) is 12.2 Å². The van der Waals surface area contributed by atoms with Crippen LogP contribution in [0.2, 0.25) is 5.02 Å². The van der Waals surface area contributed by atoms with E-state index in [0.29, 0.717) is 22.8 Å². The summed E-state index contributed by atoms with van der Waals surface area (Å²) in [5.74, 6) is -1.33. The molecule has 0 fully saturated rings. The molecule has 0 radical (unpaired) electrons. The highest BCUT2D eigenvalue weighted by molar-refractivity contribution is 6.54. The van der Waals surface area contributed by atoms with E-state index in [2.05, 4.69) is 9.99 Å². The van der Waals surface area contributed by atoms with Gasteiger partial charge in [-0.25, -0.2) is 4.79 Å². The van der Waals surface area contributed by atoms with Crippen molar-refractivity contribution in [2.45, 2.75) is 11.4 Å². The Morgan fingerprint density at radius 2 is 1.80 bits per heavy atom. The number of halogens is 3. The molecule has 3 rings (SSSR count). The van der Waals surface area contributed by atoms with Crippen LogP contribution in [0.5, 0.6) is 0 Å². The van der Waals surface area contributed by atoms with Gasteiger partial charge in [-0.2, -0.15) is 0 Å². The third kappa shape index (κ3) is 3.79. The second-order valence-electron chi connectivity index (χ2n) is 5.19. The maximum atomic E-state index is 12.7. The number of carbonyl (C=O) groups excluding carboxylic acids is 2. The first-order valence-electron chi connectivity index (χ1n) is 7.20. The molecule has 0 spiro atoms. The zero-order chi connectivity index (χ0) is 18.0. The van der Waals surface area contributed by atoms with Crippen molar-refractivity contribution in [3.8, 4) is 0 Å². The molecule has 0 aromatic heterocycles. The van der Waals surface area contributed by atoms with Gasteiger partial charge >= 0.3 is 5.97 Å². The molecule has 1 aliphatic heterocycles. The van der Waals surface area contributed by atoms with Crippen molar-refractivity contribution in [2.75, 3.05) is 4.90 Å². The fourth-order valence-electron chi connectivity index (χ4n) is 2.41. The van der Waals surface area contributed by atoms with Gasteiger partial charge in [-0.15, -0.1) is 0 Å². The Bertz CT molecular complexity index is 850. The van der Waals surface area contributed by atoms with E-state index in [1.54, 1.807) is 35.2 Å². The number of alkyl halides is 2. The molecule has 2 aromatic rings. The average molecular weight is 398 g/mol. The Labute approximate surface area is 158 Å². The molecule has 0 bridgehead atoms. The third-order valence-electron chi connectivity index (χ3n) is 3.56. The minimum Gasteiger partial charge on any atom is -0.314 e. The summed E-state index contributed by atoms with van der Waals surface area (Å²) in [7, 11) is 0. The topological polar surface area (TPSA) is 59.0 Å². The number of hydrogen-bond acceptors (Lipinski definition) is 4. The van der Waals surface area contributed by atoms with Gasteiger partial charge in [0, 0.05) is 10.6 Å². The summed E-state index contributed by atoms with van der Waals surface area (Å²) in [6.45, 7) is 0.327. The molecule has 1 heterocycles. The zero-order valence-corrected chi connectivity index (χ0v) is 14.9. The predicted octanol–water partition coefficient (Wildman–Crippen LogP) is 3.94. The zero-order valence-electron chi connectivity index (χ0n) is 12.7. The number of para-hydroxylation sites is 1. The van der Waals surface area contributed by atoms with E-state index in [4.69, 9.17) is 34.8 Å². The maximum Gasteiger partial charge on any atom is 0.367 e. The Morgan fingerprint density at radius 3 is 2.48 bits per heavy atom. The SMILES string of the molecule is O=C(O/N=C1/C(=O)N(Cc2ccc(Cl)cc2)c2ccccc21)C(Cl)Cl.